The Balaban J connectivity index is 1.78. The Bertz CT molecular complexity index is 1210. The van der Waals surface area contributed by atoms with Crippen LogP contribution < -0.4 is 5.32 Å². The highest BCUT2D eigenvalue weighted by Crippen LogP contribution is 2.27. The van der Waals surface area contributed by atoms with Gasteiger partial charge in [-0.05, 0) is 30.3 Å². The zero-order valence-electron chi connectivity index (χ0n) is 14.7. The Morgan fingerprint density at radius 3 is 2.61 bits per heavy atom. The van der Waals surface area contributed by atoms with E-state index in [2.05, 4.69) is 15.3 Å². The van der Waals surface area contributed by atoms with Crippen molar-refractivity contribution in [1.82, 2.24) is 14.5 Å². The predicted octanol–water partition coefficient (Wildman–Crippen LogP) is 3.65. The molecule has 0 spiro atoms. The van der Waals surface area contributed by atoms with E-state index in [4.69, 9.17) is 0 Å². The molecule has 2 aromatic carbocycles. The van der Waals surface area contributed by atoms with Crippen LogP contribution in [0.2, 0.25) is 0 Å². The minimum absolute atomic E-state index is 0.133. The van der Waals surface area contributed by atoms with Crippen molar-refractivity contribution in [1.29, 1.82) is 0 Å². The molecule has 1 amide bonds. The van der Waals surface area contributed by atoms with E-state index in [0.29, 0.717) is 34.6 Å². The molecule has 28 heavy (non-hydrogen) atoms. The molecule has 0 aliphatic carbocycles. The normalized spacial score (nSPS) is 11.0. The van der Waals surface area contributed by atoms with Crippen LogP contribution in [0.5, 0.6) is 0 Å². The van der Waals surface area contributed by atoms with Gasteiger partial charge in [0.25, 0.3) is 0 Å². The highest BCUT2D eigenvalue weighted by molar-refractivity contribution is 6.10. The van der Waals surface area contributed by atoms with Crippen molar-refractivity contribution < 1.29 is 18.4 Å². The molecule has 0 aliphatic heterocycles. The number of amides is 1. The van der Waals surface area contributed by atoms with Crippen LogP contribution in [0, 0.1) is 11.6 Å². The number of ketones is 1. The number of carbonyl (C=O) groups excluding carboxylic acids is 2. The van der Waals surface area contributed by atoms with E-state index in [1.165, 1.54) is 18.3 Å². The van der Waals surface area contributed by atoms with E-state index in [1.807, 2.05) is 0 Å². The van der Waals surface area contributed by atoms with Gasteiger partial charge in [-0.2, -0.15) is 0 Å². The van der Waals surface area contributed by atoms with Crippen molar-refractivity contribution in [2.75, 3.05) is 5.32 Å². The molecule has 0 bridgehead atoms. The number of rotatable bonds is 5. The first-order valence-electron chi connectivity index (χ1n) is 8.34. The second-order valence-electron chi connectivity index (χ2n) is 6.20. The Morgan fingerprint density at radius 2 is 1.89 bits per heavy atom. The number of hydrogen-bond acceptors (Lipinski definition) is 3. The summed E-state index contributed by atoms with van der Waals surface area (Å²) in [6.07, 6.45) is 2.05. The lowest BCUT2D eigenvalue weighted by Crippen LogP contribution is -2.06. The lowest BCUT2D eigenvalue weighted by atomic mass is 10.0. The maximum absolute atomic E-state index is 14.0. The molecule has 0 aliphatic rings. The predicted molar refractivity (Wildman–Crippen MR) is 100.0 cm³/mol. The second-order valence-corrected chi connectivity index (χ2v) is 6.20. The van der Waals surface area contributed by atoms with Gasteiger partial charge in [0.1, 0.15) is 17.2 Å². The molecular weight excluding hydrogens is 366 g/mol. The van der Waals surface area contributed by atoms with Crippen molar-refractivity contribution >= 4 is 28.9 Å². The molecule has 0 radical (unpaired) electrons. The molecule has 0 atom stereocenters. The van der Waals surface area contributed by atoms with E-state index < -0.39 is 23.0 Å². The molecule has 2 aromatic heterocycles. The number of halogens is 2. The van der Waals surface area contributed by atoms with Gasteiger partial charge in [-0.15, -0.1) is 0 Å². The summed E-state index contributed by atoms with van der Waals surface area (Å²) < 4.78 is 29.5. The van der Waals surface area contributed by atoms with E-state index in [1.54, 1.807) is 29.8 Å². The molecule has 6 nitrogen and oxygen atoms in total. The monoisotopic (exact) mass is 380 g/mol. The Kier molecular flexibility index (Phi) is 4.23. The number of nitrogens with zero attached hydrogens (tertiary/aromatic N) is 2. The Morgan fingerprint density at radius 1 is 1.18 bits per heavy atom. The number of imidazole rings is 1. The summed E-state index contributed by atoms with van der Waals surface area (Å²) in [6, 6.07) is 10.1. The number of aromatic amines is 1. The van der Waals surface area contributed by atoms with Crippen molar-refractivity contribution in [2.45, 2.75) is 0 Å². The summed E-state index contributed by atoms with van der Waals surface area (Å²) in [5.74, 6) is -2.13. The SMILES string of the molecule is Cn1cc(C(=O)c2c(F)cccc2F)cc1-c1nc2c(NC=O)cccc2[nH]1. The van der Waals surface area contributed by atoms with Crippen LogP contribution >= 0.6 is 0 Å². The fraction of sp³-hybridized carbons (Fsp3) is 0.0500. The largest absolute Gasteiger partial charge is 0.347 e. The summed E-state index contributed by atoms with van der Waals surface area (Å²) >= 11 is 0. The first kappa shape index (κ1) is 17.6. The van der Waals surface area contributed by atoms with Gasteiger partial charge in [0.2, 0.25) is 6.41 Å². The summed E-state index contributed by atoms with van der Waals surface area (Å²) in [4.78, 5) is 31.0. The number of hydrogen-bond donors (Lipinski definition) is 2. The first-order valence-corrected chi connectivity index (χ1v) is 8.34. The molecule has 0 unspecified atom stereocenters. The molecule has 0 saturated heterocycles. The van der Waals surface area contributed by atoms with Crippen LogP contribution in [0.25, 0.3) is 22.6 Å². The first-order chi connectivity index (χ1) is 13.5. The smallest absolute Gasteiger partial charge is 0.211 e. The molecule has 0 saturated carbocycles. The number of anilines is 1. The van der Waals surface area contributed by atoms with E-state index in [-0.39, 0.29) is 5.56 Å². The summed E-state index contributed by atoms with van der Waals surface area (Å²) in [5.41, 5.74) is 1.87. The fourth-order valence-corrected chi connectivity index (χ4v) is 3.12. The van der Waals surface area contributed by atoms with Crippen LogP contribution in [0.1, 0.15) is 15.9 Å². The zero-order chi connectivity index (χ0) is 19.8. The highest BCUT2D eigenvalue weighted by atomic mass is 19.1. The summed E-state index contributed by atoms with van der Waals surface area (Å²) in [5, 5.41) is 2.58. The minimum atomic E-state index is -0.913. The van der Waals surface area contributed by atoms with Crippen LogP contribution in [-0.4, -0.2) is 26.7 Å². The highest BCUT2D eigenvalue weighted by Gasteiger charge is 2.22. The third-order valence-electron chi connectivity index (χ3n) is 4.43. The Hall–Kier alpha value is -3.81. The average molecular weight is 380 g/mol. The van der Waals surface area contributed by atoms with Gasteiger partial charge in [-0.3, -0.25) is 9.59 Å². The summed E-state index contributed by atoms with van der Waals surface area (Å²) in [7, 11) is 1.70. The lowest BCUT2D eigenvalue weighted by Gasteiger charge is -2.01. The van der Waals surface area contributed by atoms with Gasteiger partial charge in [0, 0.05) is 18.8 Å². The second kappa shape index (κ2) is 6.73. The van der Waals surface area contributed by atoms with E-state index in [9.17, 15) is 18.4 Å². The number of fused-ring (bicyclic) bond motifs is 1. The van der Waals surface area contributed by atoms with Crippen molar-refractivity contribution in [2.24, 2.45) is 7.05 Å². The summed E-state index contributed by atoms with van der Waals surface area (Å²) in [6.45, 7) is 0. The van der Waals surface area contributed by atoms with Crippen LogP contribution in [0.3, 0.4) is 0 Å². The number of para-hydroxylation sites is 1. The number of aryl methyl sites for hydroxylation is 1. The molecule has 140 valence electrons. The van der Waals surface area contributed by atoms with Gasteiger partial charge in [-0.25, -0.2) is 13.8 Å². The van der Waals surface area contributed by atoms with E-state index >= 15 is 0 Å². The fourth-order valence-electron chi connectivity index (χ4n) is 3.12. The molecule has 2 heterocycles. The Labute approximate surface area is 157 Å². The van der Waals surface area contributed by atoms with E-state index in [0.717, 1.165) is 12.1 Å². The topological polar surface area (TPSA) is 79.8 Å². The molecule has 4 aromatic rings. The minimum Gasteiger partial charge on any atom is -0.347 e. The number of H-pyrrole nitrogens is 1. The zero-order valence-corrected chi connectivity index (χ0v) is 14.7. The van der Waals surface area contributed by atoms with Gasteiger partial charge in [0.05, 0.1) is 22.5 Å². The molecule has 2 N–H and O–H groups in total. The van der Waals surface area contributed by atoms with Crippen molar-refractivity contribution in [3.63, 3.8) is 0 Å². The molecule has 4 rings (SSSR count). The van der Waals surface area contributed by atoms with Crippen molar-refractivity contribution in [3.8, 4) is 11.5 Å². The third kappa shape index (κ3) is 2.84. The van der Waals surface area contributed by atoms with Crippen LogP contribution in [0.4, 0.5) is 14.5 Å². The maximum Gasteiger partial charge on any atom is 0.211 e. The van der Waals surface area contributed by atoms with Gasteiger partial charge < -0.3 is 14.9 Å². The van der Waals surface area contributed by atoms with Crippen molar-refractivity contribution in [3.05, 3.63) is 71.4 Å². The number of nitrogens with one attached hydrogen (secondary N) is 2. The van der Waals surface area contributed by atoms with Gasteiger partial charge in [-0.1, -0.05) is 12.1 Å². The number of carbonyl (C=O) groups is 2. The van der Waals surface area contributed by atoms with Crippen LogP contribution in [0.15, 0.2) is 48.7 Å². The lowest BCUT2D eigenvalue weighted by molar-refractivity contribution is -0.105. The number of benzene rings is 2. The molecule has 0 fully saturated rings. The standard InChI is InChI=1S/C20H14F2N4O2/c1-26-9-11(19(28)17-12(21)4-2-5-13(17)22)8-16(26)20-24-15-7-3-6-14(23-10-27)18(15)25-20/h2-10H,1H3,(H,23,27)(H,24,25). The molecular formula is C20H14F2N4O2. The number of aromatic nitrogens is 3. The molecule has 8 heteroatoms. The van der Waals surface area contributed by atoms with Crippen LogP contribution in [-0.2, 0) is 11.8 Å². The average Bonchev–Trinajstić information content (AvgIpc) is 3.25. The van der Waals surface area contributed by atoms with Gasteiger partial charge in [0.15, 0.2) is 11.6 Å². The van der Waals surface area contributed by atoms with Gasteiger partial charge >= 0.3 is 0 Å². The third-order valence-corrected chi connectivity index (χ3v) is 4.43. The quantitative estimate of drug-likeness (QED) is 0.410. The maximum atomic E-state index is 14.0.